The van der Waals surface area contributed by atoms with Crippen LogP contribution < -0.4 is 0 Å². The molecule has 0 fully saturated rings. The fourth-order valence-electron chi connectivity index (χ4n) is 6.31. The molecule has 284 valence electrons. The van der Waals surface area contributed by atoms with Crippen molar-refractivity contribution in [2.75, 3.05) is 13.2 Å². The lowest BCUT2D eigenvalue weighted by molar-refractivity contribution is -0.161. The first-order valence-electron chi connectivity index (χ1n) is 21.2. The van der Waals surface area contributed by atoms with Crippen molar-refractivity contribution in [3.05, 3.63) is 12.2 Å². The summed E-state index contributed by atoms with van der Waals surface area (Å²) in [4.78, 5) is 24.3. The fourth-order valence-corrected chi connectivity index (χ4v) is 6.31. The van der Waals surface area contributed by atoms with E-state index in [0.717, 1.165) is 44.9 Å². The van der Waals surface area contributed by atoms with Gasteiger partial charge in [-0.1, -0.05) is 193 Å². The highest BCUT2D eigenvalue weighted by molar-refractivity contribution is 5.70. The first kappa shape index (κ1) is 46.6. The van der Waals surface area contributed by atoms with E-state index in [4.69, 9.17) is 9.47 Å². The SMILES string of the molecule is CCCCCCC=CCCCCCCCC(=O)OCC(CO)OC(=O)CCCCCCCCCCCCCCCCCCCCCCC. The largest absolute Gasteiger partial charge is 0.462 e. The van der Waals surface area contributed by atoms with Crippen molar-refractivity contribution >= 4 is 11.9 Å². The second-order valence-electron chi connectivity index (χ2n) is 14.4. The predicted octanol–water partition coefficient (Wildman–Crippen LogP) is 13.3. The minimum absolute atomic E-state index is 0.0643. The molecule has 0 aromatic carbocycles. The van der Waals surface area contributed by atoms with Crippen LogP contribution >= 0.6 is 0 Å². The number of unbranched alkanes of at least 4 members (excludes halogenated alkanes) is 29. The van der Waals surface area contributed by atoms with Crippen molar-refractivity contribution in [3.8, 4) is 0 Å². The van der Waals surface area contributed by atoms with Crippen LogP contribution in [0.15, 0.2) is 12.2 Å². The number of carbonyl (C=O) groups excluding carboxylic acids is 2. The van der Waals surface area contributed by atoms with E-state index in [2.05, 4.69) is 26.0 Å². The number of esters is 2. The number of ether oxygens (including phenoxy) is 2. The molecule has 1 N–H and O–H groups in total. The quantitative estimate of drug-likeness (QED) is 0.0398. The van der Waals surface area contributed by atoms with Gasteiger partial charge >= 0.3 is 11.9 Å². The van der Waals surface area contributed by atoms with Gasteiger partial charge in [-0.3, -0.25) is 9.59 Å². The van der Waals surface area contributed by atoms with E-state index in [1.165, 1.54) is 161 Å². The molecule has 5 nitrogen and oxygen atoms in total. The Bertz CT molecular complexity index is 691. The molecule has 0 saturated heterocycles. The second kappa shape index (κ2) is 40.1. The van der Waals surface area contributed by atoms with Crippen molar-refractivity contribution in [1.82, 2.24) is 0 Å². The minimum Gasteiger partial charge on any atom is -0.462 e. The molecule has 0 bridgehead atoms. The van der Waals surface area contributed by atoms with Gasteiger partial charge in [0, 0.05) is 12.8 Å². The van der Waals surface area contributed by atoms with Crippen molar-refractivity contribution < 1.29 is 24.2 Å². The average Bonchev–Trinajstić information content (AvgIpc) is 3.09. The normalized spacial score (nSPS) is 12.1. The van der Waals surface area contributed by atoms with Crippen molar-refractivity contribution in [1.29, 1.82) is 0 Å². The number of rotatable bonds is 39. The Kier molecular flexibility index (Phi) is 38.9. The first-order valence-corrected chi connectivity index (χ1v) is 21.2. The molecule has 0 amide bonds. The summed E-state index contributed by atoms with van der Waals surface area (Å²) >= 11 is 0. The highest BCUT2D eigenvalue weighted by atomic mass is 16.6. The Labute approximate surface area is 299 Å². The van der Waals surface area contributed by atoms with Gasteiger partial charge in [-0.05, 0) is 38.5 Å². The summed E-state index contributed by atoms with van der Waals surface area (Å²) in [6, 6.07) is 0. The van der Waals surface area contributed by atoms with Gasteiger partial charge in [-0.2, -0.15) is 0 Å². The molecule has 0 aliphatic heterocycles. The van der Waals surface area contributed by atoms with E-state index in [1.807, 2.05) is 0 Å². The third-order valence-corrected chi connectivity index (χ3v) is 9.56. The Balaban J connectivity index is 3.47. The van der Waals surface area contributed by atoms with Crippen molar-refractivity contribution in [3.63, 3.8) is 0 Å². The minimum atomic E-state index is -0.768. The molecule has 0 heterocycles. The number of hydrogen-bond donors (Lipinski definition) is 1. The highest BCUT2D eigenvalue weighted by Crippen LogP contribution is 2.16. The molecular formula is C43H82O5. The molecular weight excluding hydrogens is 596 g/mol. The van der Waals surface area contributed by atoms with Gasteiger partial charge in [-0.15, -0.1) is 0 Å². The van der Waals surface area contributed by atoms with Crippen LogP contribution in [0.3, 0.4) is 0 Å². The van der Waals surface area contributed by atoms with E-state index < -0.39 is 6.10 Å². The van der Waals surface area contributed by atoms with Gasteiger partial charge in [0.05, 0.1) is 6.61 Å². The number of allylic oxidation sites excluding steroid dienone is 2. The molecule has 0 radical (unpaired) electrons. The van der Waals surface area contributed by atoms with Crippen molar-refractivity contribution in [2.24, 2.45) is 0 Å². The van der Waals surface area contributed by atoms with Gasteiger partial charge in [0.1, 0.15) is 6.61 Å². The molecule has 0 aromatic heterocycles. The molecule has 48 heavy (non-hydrogen) atoms. The monoisotopic (exact) mass is 679 g/mol. The van der Waals surface area contributed by atoms with Gasteiger partial charge in [-0.25, -0.2) is 0 Å². The zero-order valence-corrected chi connectivity index (χ0v) is 32.3. The standard InChI is InChI=1S/C43H82O5/c1-3-5-7-9-11-13-15-17-18-19-20-21-22-23-24-26-28-30-32-34-36-38-43(46)48-41(39-44)40-47-42(45)37-35-33-31-29-27-25-16-14-12-10-8-6-4-2/h14,16,41,44H,3-13,15,17-40H2,1-2H3. The van der Waals surface area contributed by atoms with Crippen LogP contribution in [-0.2, 0) is 19.1 Å². The van der Waals surface area contributed by atoms with Crippen LogP contribution in [0.4, 0.5) is 0 Å². The van der Waals surface area contributed by atoms with Crippen LogP contribution in [0, 0.1) is 0 Å². The average molecular weight is 679 g/mol. The van der Waals surface area contributed by atoms with Gasteiger partial charge in [0.25, 0.3) is 0 Å². The molecule has 0 rings (SSSR count). The van der Waals surface area contributed by atoms with Gasteiger partial charge < -0.3 is 14.6 Å². The maximum atomic E-state index is 12.2. The summed E-state index contributed by atoms with van der Waals surface area (Å²) in [6.07, 6.45) is 45.7. The summed E-state index contributed by atoms with van der Waals surface area (Å²) in [7, 11) is 0. The Hall–Kier alpha value is -1.36. The molecule has 5 heteroatoms. The first-order chi connectivity index (χ1) is 23.6. The lowest BCUT2D eigenvalue weighted by atomic mass is 10.0. The van der Waals surface area contributed by atoms with E-state index in [9.17, 15) is 14.7 Å². The molecule has 0 saturated carbocycles. The number of aliphatic hydroxyl groups excluding tert-OH is 1. The summed E-state index contributed by atoms with van der Waals surface area (Å²) in [5, 5.41) is 9.56. The van der Waals surface area contributed by atoms with Crippen LogP contribution in [0.2, 0.25) is 0 Å². The Morgan fingerprint density at radius 2 is 0.771 bits per heavy atom. The lowest BCUT2D eigenvalue weighted by Gasteiger charge is -2.15. The van der Waals surface area contributed by atoms with Crippen LogP contribution in [0.1, 0.15) is 232 Å². The van der Waals surface area contributed by atoms with E-state index in [1.54, 1.807) is 0 Å². The maximum Gasteiger partial charge on any atom is 0.306 e. The summed E-state index contributed by atoms with van der Waals surface area (Å²) in [5.41, 5.74) is 0. The fraction of sp³-hybridized carbons (Fsp3) is 0.907. The molecule has 1 unspecified atom stereocenters. The van der Waals surface area contributed by atoms with E-state index in [-0.39, 0.29) is 25.2 Å². The van der Waals surface area contributed by atoms with Gasteiger partial charge in [0.15, 0.2) is 6.10 Å². The van der Waals surface area contributed by atoms with E-state index in [0.29, 0.717) is 12.8 Å². The van der Waals surface area contributed by atoms with Crippen LogP contribution in [-0.4, -0.2) is 36.4 Å². The zero-order chi connectivity index (χ0) is 35.0. The third-order valence-electron chi connectivity index (χ3n) is 9.56. The van der Waals surface area contributed by atoms with Crippen molar-refractivity contribution in [2.45, 2.75) is 238 Å². The van der Waals surface area contributed by atoms with Crippen LogP contribution in [0.25, 0.3) is 0 Å². The summed E-state index contributed by atoms with van der Waals surface area (Å²) < 4.78 is 10.6. The number of hydrogen-bond acceptors (Lipinski definition) is 5. The Morgan fingerprint density at radius 3 is 1.15 bits per heavy atom. The lowest BCUT2D eigenvalue weighted by Crippen LogP contribution is -2.28. The molecule has 0 aliphatic rings. The zero-order valence-electron chi connectivity index (χ0n) is 32.3. The summed E-state index contributed by atoms with van der Waals surface area (Å²) in [5.74, 6) is -0.589. The summed E-state index contributed by atoms with van der Waals surface area (Å²) in [6.45, 7) is 4.14. The Morgan fingerprint density at radius 1 is 0.458 bits per heavy atom. The molecule has 0 spiro atoms. The second-order valence-corrected chi connectivity index (χ2v) is 14.4. The van der Waals surface area contributed by atoms with E-state index >= 15 is 0 Å². The maximum absolute atomic E-state index is 12.2. The highest BCUT2D eigenvalue weighted by Gasteiger charge is 2.16. The number of carbonyl (C=O) groups is 2. The molecule has 0 aromatic rings. The molecule has 1 atom stereocenters. The predicted molar refractivity (Wildman–Crippen MR) is 205 cm³/mol. The topological polar surface area (TPSA) is 72.8 Å². The van der Waals surface area contributed by atoms with Crippen LogP contribution in [0.5, 0.6) is 0 Å². The van der Waals surface area contributed by atoms with Gasteiger partial charge in [0.2, 0.25) is 0 Å². The number of aliphatic hydroxyl groups is 1. The molecule has 0 aliphatic carbocycles. The third kappa shape index (κ3) is 37.5. The smallest absolute Gasteiger partial charge is 0.306 e.